The van der Waals surface area contributed by atoms with Crippen LogP contribution in [0.25, 0.3) is 0 Å². The lowest BCUT2D eigenvalue weighted by Crippen LogP contribution is -2.52. The van der Waals surface area contributed by atoms with Crippen molar-refractivity contribution in [2.75, 3.05) is 14.1 Å². The number of rotatable bonds is 4. The summed E-state index contributed by atoms with van der Waals surface area (Å²) in [4.78, 5) is 2.18. The molecule has 1 atom stereocenters. The molecule has 1 aromatic carbocycles. The molecule has 0 saturated heterocycles. The molecule has 0 aromatic heterocycles. The van der Waals surface area contributed by atoms with Crippen molar-refractivity contribution in [3.05, 3.63) is 33.8 Å². The Morgan fingerprint density at radius 3 is 2.42 bits per heavy atom. The van der Waals surface area contributed by atoms with E-state index >= 15 is 0 Å². The van der Waals surface area contributed by atoms with Crippen LogP contribution in [-0.2, 0) is 6.42 Å². The number of hydrogen-bond donors (Lipinski definition) is 1. The van der Waals surface area contributed by atoms with Gasteiger partial charge in [-0.2, -0.15) is 0 Å². The van der Waals surface area contributed by atoms with Gasteiger partial charge < -0.3 is 10.0 Å². The van der Waals surface area contributed by atoms with Gasteiger partial charge in [0.2, 0.25) is 0 Å². The van der Waals surface area contributed by atoms with Gasteiger partial charge in [0, 0.05) is 22.0 Å². The lowest BCUT2D eigenvalue weighted by molar-refractivity contribution is -0.00249. The molecule has 0 radical (unpaired) electrons. The molecule has 0 spiro atoms. The second kappa shape index (κ2) is 6.01. The number of aliphatic hydroxyl groups excluding tert-OH is 1. The second-order valence-corrected chi connectivity index (χ2v) is 6.50. The first-order valence-electron chi connectivity index (χ1n) is 6.75. The largest absolute Gasteiger partial charge is 0.391 e. The predicted molar refractivity (Wildman–Crippen MR) is 81.1 cm³/mol. The van der Waals surface area contributed by atoms with Gasteiger partial charge in [-0.1, -0.05) is 42.1 Å². The van der Waals surface area contributed by atoms with Gasteiger partial charge in [-0.05, 0) is 44.6 Å². The summed E-state index contributed by atoms with van der Waals surface area (Å²) in [7, 11) is 4.11. The minimum absolute atomic E-state index is 0.108. The number of hydrogen-bond acceptors (Lipinski definition) is 2. The van der Waals surface area contributed by atoms with E-state index in [0.717, 1.165) is 18.4 Å². The fourth-order valence-corrected chi connectivity index (χ4v) is 3.64. The summed E-state index contributed by atoms with van der Waals surface area (Å²) in [5.74, 6) is 0. The van der Waals surface area contributed by atoms with E-state index in [-0.39, 0.29) is 5.54 Å². The van der Waals surface area contributed by atoms with E-state index in [9.17, 15) is 5.11 Å². The Bertz CT molecular complexity index is 442. The maximum absolute atomic E-state index is 10.7. The fraction of sp³-hybridized carbons (Fsp3) is 0.600. The van der Waals surface area contributed by atoms with E-state index in [4.69, 9.17) is 23.2 Å². The highest BCUT2D eigenvalue weighted by molar-refractivity contribution is 6.35. The zero-order valence-corrected chi connectivity index (χ0v) is 13.0. The maximum atomic E-state index is 10.7. The van der Waals surface area contributed by atoms with Gasteiger partial charge in [0.05, 0.1) is 6.10 Å². The normalized spacial score (nSPS) is 19.9. The van der Waals surface area contributed by atoms with Crippen LogP contribution in [0.2, 0.25) is 10.0 Å². The zero-order valence-electron chi connectivity index (χ0n) is 11.5. The smallest absolute Gasteiger partial charge is 0.0764 e. The van der Waals surface area contributed by atoms with Crippen LogP contribution in [0.1, 0.15) is 31.2 Å². The third kappa shape index (κ3) is 3.08. The number of halogens is 2. The number of aliphatic hydroxyl groups is 1. The minimum atomic E-state index is -0.399. The first kappa shape index (κ1) is 15.1. The Kier molecular flexibility index (Phi) is 4.78. The minimum Gasteiger partial charge on any atom is -0.391 e. The van der Waals surface area contributed by atoms with Crippen molar-refractivity contribution in [2.45, 2.75) is 43.7 Å². The van der Waals surface area contributed by atoms with Gasteiger partial charge in [0.15, 0.2) is 0 Å². The Labute approximate surface area is 125 Å². The molecular weight excluding hydrogens is 281 g/mol. The molecule has 19 heavy (non-hydrogen) atoms. The van der Waals surface area contributed by atoms with E-state index in [2.05, 4.69) is 19.0 Å². The Balaban J connectivity index is 2.17. The summed E-state index contributed by atoms with van der Waals surface area (Å²) in [6.45, 7) is 0. The molecule has 4 heteroatoms. The van der Waals surface area contributed by atoms with Gasteiger partial charge in [-0.3, -0.25) is 0 Å². The number of likely N-dealkylation sites (N-methyl/N-ethyl adjacent to an activating group) is 1. The van der Waals surface area contributed by atoms with Crippen LogP contribution in [0.3, 0.4) is 0 Å². The monoisotopic (exact) mass is 301 g/mol. The van der Waals surface area contributed by atoms with Crippen LogP contribution < -0.4 is 0 Å². The molecule has 2 nitrogen and oxygen atoms in total. The van der Waals surface area contributed by atoms with Crippen LogP contribution in [0.15, 0.2) is 18.2 Å². The summed E-state index contributed by atoms with van der Waals surface area (Å²) in [6, 6.07) is 5.47. The van der Waals surface area contributed by atoms with Gasteiger partial charge in [-0.25, -0.2) is 0 Å². The lowest BCUT2D eigenvalue weighted by Gasteiger charge is -2.40. The van der Waals surface area contributed by atoms with E-state index < -0.39 is 6.10 Å². The molecule has 0 heterocycles. The molecular formula is C15H21Cl2NO. The van der Waals surface area contributed by atoms with Crippen molar-refractivity contribution in [1.29, 1.82) is 0 Å². The molecule has 1 saturated carbocycles. The fourth-order valence-electron chi connectivity index (χ4n) is 3.15. The summed E-state index contributed by atoms with van der Waals surface area (Å²) >= 11 is 12.1. The van der Waals surface area contributed by atoms with Crippen LogP contribution in [0.5, 0.6) is 0 Å². The zero-order chi connectivity index (χ0) is 14.0. The van der Waals surface area contributed by atoms with Crippen LogP contribution in [0.4, 0.5) is 0 Å². The van der Waals surface area contributed by atoms with Crippen molar-refractivity contribution >= 4 is 23.2 Å². The molecule has 1 N–H and O–H groups in total. The summed E-state index contributed by atoms with van der Waals surface area (Å²) in [5.41, 5.74) is 0.856. The van der Waals surface area contributed by atoms with E-state index in [1.54, 1.807) is 6.07 Å². The molecule has 1 aromatic rings. The van der Waals surface area contributed by atoms with E-state index in [1.807, 2.05) is 12.1 Å². The molecule has 0 bridgehead atoms. The second-order valence-electron chi connectivity index (χ2n) is 5.66. The average Bonchev–Trinajstić information content (AvgIpc) is 2.83. The average molecular weight is 302 g/mol. The summed E-state index contributed by atoms with van der Waals surface area (Å²) in [6.07, 6.45) is 4.64. The molecule has 1 aliphatic carbocycles. The quantitative estimate of drug-likeness (QED) is 0.915. The highest BCUT2D eigenvalue weighted by atomic mass is 35.5. The first-order chi connectivity index (χ1) is 8.95. The third-order valence-corrected chi connectivity index (χ3v) is 5.00. The molecule has 1 aliphatic rings. The Morgan fingerprint density at radius 2 is 1.89 bits per heavy atom. The third-order valence-electron chi connectivity index (χ3n) is 4.41. The van der Waals surface area contributed by atoms with Gasteiger partial charge in [-0.15, -0.1) is 0 Å². The van der Waals surface area contributed by atoms with Crippen LogP contribution in [-0.4, -0.2) is 35.7 Å². The van der Waals surface area contributed by atoms with Crippen molar-refractivity contribution in [1.82, 2.24) is 4.90 Å². The van der Waals surface area contributed by atoms with Gasteiger partial charge in [0.25, 0.3) is 0 Å². The SMILES string of the molecule is CN(C)C1(C(O)Cc2ccc(Cl)cc2Cl)CCCC1. The Hall–Kier alpha value is -0.280. The van der Waals surface area contributed by atoms with Gasteiger partial charge >= 0.3 is 0 Å². The molecule has 2 rings (SSSR count). The van der Waals surface area contributed by atoms with Gasteiger partial charge in [0.1, 0.15) is 0 Å². The van der Waals surface area contributed by atoms with Crippen molar-refractivity contribution in [3.8, 4) is 0 Å². The lowest BCUT2D eigenvalue weighted by atomic mass is 9.85. The molecule has 106 valence electrons. The molecule has 1 fully saturated rings. The summed E-state index contributed by atoms with van der Waals surface area (Å²) in [5, 5.41) is 12.0. The maximum Gasteiger partial charge on any atom is 0.0764 e. The standard InChI is InChI=1S/C15H21Cl2NO/c1-18(2)15(7-3-4-8-15)14(19)9-11-5-6-12(16)10-13(11)17/h5-6,10,14,19H,3-4,7-9H2,1-2H3. The van der Waals surface area contributed by atoms with E-state index in [0.29, 0.717) is 16.5 Å². The Morgan fingerprint density at radius 1 is 1.26 bits per heavy atom. The topological polar surface area (TPSA) is 23.5 Å². The highest BCUT2D eigenvalue weighted by Crippen LogP contribution is 2.38. The predicted octanol–water partition coefficient (Wildman–Crippen LogP) is 3.77. The summed E-state index contributed by atoms with van der Waals surface area (Å²) < 4.78 is 0. The molecule has 1 unspecified atom stereocenters. The number of nitrogens with zero attached hydrogens (tertiary/aromatic N) is 1. The first-order valence-corrected chi connectivity index (χ1v) is 7.51. The van der Waals surface area contributed by atoms with Crippen molar-refractivity contribution in [2.24, 2.45) is 0 Å². The van der Waals surface area contributed by atoms with Crippen LogP contribution >= 0.6 is 23.2 Å². The highest BCUT2D eigenvalue weighted by Gasteiger charge is 2.42. The molecule has 0 aliphatic heterocycles. The van der Waals surface area contributed by atoms with Crippen molar-refractivity contribution in [3.63, 3.8) is 0 Å². The molecule has 0 amide bonds. The van der Waals surface area contributed by atoms with Crippen molar-refractivity contribution < 1.29 is 5.11 Å². The van der Waals surface area contributed by atoms with Crippen LogP contribution in [0, 0.1) is 0 Å². The number of benzene rings is 1. The van der Waals surface area contributed by atoms with E-state index in [1.165, 1.54) is 12.8 Å².